The van der Waals surface area contributed by atoms with Crippen molar-refractivity contribution in [2.24, 2.45) is 0 Å². The summed E-state index contributed by atoms with van der Waals surface area (Å²) >= 11 is 6.88. The lowest BCUT2D eigenvalue weighted by atomic mass is 9.77. The predicted octanol–water partition coefficient (Wildman–Crippen LogP) is 4.93. The molecule has 1 aliphatic rings. The highest BCUT2D eigenvalue weighted by Gasteiger charge is 2.30. The molecule has 4 aromatic rings. The van der Waals surface area contributed by atoms with Crippen LogP contribution in [0.2, 0.25) is 5.02 Å². The van der Waals surface area contributed by atoms with E-state index in [0.717, 1.165) is 5.56 Å². The maximum atomic E-state index is 15.5. The first-order chi connectivity index (χ1) is 20.9. The third kappa shape index (κ3) is 5.68. The molecule has 5 rings (SSSR count). The van der Waals surface area contributed by atoms with Gasteiger partial charge in [-0.3, -0.25) is 9.78 Å². The number of aryl methyl sites for hydroxylation is 1. The van der Waals surface area contributed by atoms with Crippen LogP contribution in [0, 0.1) is 12.7 Å². The summed E-state index contributed by atoms with van der Waals surface area (Å²) in [4.78, 5) is 44.1. The molecule has 1 amide bonds. The maximum absolute atomic E-state index is 15.5. The Morgan fingerprint density at radius 1 is 1.20 bits per heavy atom. The Hall–Kier alpha value is -4.24. The van der Waals surface area contributed by atoms with Crippen LogP contribution < -0.4 is 10.6 Å². The van der Waals surface area contributed by atoms with Crippen molar-refractivity contribution in [3.63, 3.8) is 0 Å². The molecular formula is C32H30B2ClFN6O2. The van der Waals surface area contributed by atoms with Crippen LogP contribution in [-0.2, 0) is 4.79 Å². The molecule has 0 spiro atoms. The third-order valence-corrected chi connectivity index (χ3v) is 8.00. The Kier molecular flexibility index (Phi) is 8.79. The van der Waals surface area contributed by atoms with Crippen LogP contribution in [0.25, 0.3) is 34.1 Å². The molecule has 1 saturated heterocycles. The van der Waals surface area contributed by atoms with Gasteiger partial charge in [0.15, 0.2) is 5.65 Å². The second-order valence-electron chi connectivity index (χ2n) is 11.1. The van der Waals surface area contributed by atoms with E-state index in [1.807, 2.05) is 38.7 Å². The van der Waals surface area contributed by atoms with E-state index < -0.39 is 11.5 Å². The van der Waals surface area contributed by atoms with Gasteiger partial charge in [0.1, 0.15) is 11.6 Å². The molecule has 1 atom stereocenters. The van der Waals surface area contributed by atoms with E-state index in [1.165, 1.54) is 28.9 Å². The number of anilines is 1. The number of carbonyl (C=O) groups is 1. The minimum atomic E-state index is -0.589. The molecule has 0 unspecified atom stereocenters. The molecule has 3 aromatic heterocycles. The molecule has 1 fully saturated rings. The molecule has 4 heterocycles. The Morgan fingerprint density at radius 3 is 2.61 bits per heavy atom. The van der Waals surface area contributed by atoms with E-state index in [0.29, 0.717) is 47.8 Å². The standard InChI is InChI=1S/C32H30B2ClFN6O2/c1-6-25(43)40-12-13-41(19(5)16-40)30-21-15-22(35)28(26-20(14-24(33)34)8-7-9-23(26)36)38-31(21)42(32(44)39-30)29-18(4)10-11-37-27(29)17(2)3/h6-11,14-15,17,19H,1,12-13,16H2,2-5H3/t19-/m0/s1. The molecule has 1 aliphatic heterocycles. The van der Waals surface area contributed by atoms with Gasteiger partial charge in [-0.25, -0.2) is 18.7 Å². The summed E-state index contributed by atoms with van der Waals surface area (Å²) in [5, 5.41) is 0.604. The average molecular weight is 607 g/mol. The Balaban J connectivity index is 1.86. The van der Waals surface area contributed by atoms with Gasteiger partial charge in [0.2, 0.25) is 5.91 Å². The van der Waals surface area contributed by atoms with Crippen LogP contribution in [-0.4, -0.2) is 71.7 Å². The van der Waals surface area contributed by atoms with E-state index in [1.54, 1.807) is 23.2 Å². The van der Waals surface area contributed by atoms with Gasteiger partial charge in [0.25, 0.3) is 0 Å². The highest BCUT2D eigenvalue weighted by molar-refractivity contribution is 6.50. The number of halogens is 2. The summed E-state index contributed by atoms with van der Waals surface area (Å²) in [6.45, 7) is 12.6. The first-order valence-electron chi connectivity index (χ1n) is 14.2. The molecule has 0 aliphatic carbocycles. The highest BCUT2D eigenvalue weighted by Crippen LogP contribution is 2.38. The van der Waals surface area contributed by atoms with Gasteiger partial charge in [-0.05, 0) is 55.2 Å². The SMILES string of the molecule is [B]C([B])=Cc1cccc(F)c1-c1nc2c(cc1Cl)c(N1CCN(C(=O)C=C)C[C@@H]1C)nc(=O)n2-c1c(C)ccnc1C(C)C. The van der Waals surface area contributed by atoms with Gasteiger partial charge in [-0.1, -0.05) is 50.2 Å². The monoisotopic (exact) mass is 606 g/mol. The lowest BCUT2D eigenvalue weighted by molar-refractivity contribution is -0.126. The first kappa shape index (κ1) is 31.2. The summed E-state index contributed by atoms with van der Waals surface area (Å²) in [5.74, 6) is -0.424. The summed E-state index contributed by atoms with van der Waals surface area (Å²) < 4.78 is 16.9. The van der Waals surface area contributed by atoms with Crippen molar-refractivity contribution in [3.05, 3.63) is 92.7 Å². The fourth-order valence-electron chi connectivity index (χ4n) is 5.68. The van der Waals surface area contributed by atoms with E-state index in [9.17, 15) is 9.59 Å². The van der Waals surface area contributed by atoms with Crippen LogP contribution in [0.3, 0.4) is 0 Å². The summed E-state index contributed by atoms with van der Waals surface area (Å²) in [6, 6.07) is 7.75. The van der Waals surface area contributed by atoms with Crippen LogP contribution in [0.5, 0.6) is 0 Å². The summed E-state index contributed by atoms with van der Waals surface area (Å²) in [6.07, 6.45) is 4.41. The van der Waals surface area contributed by atoms with Crippen LogP contribution in [0.4, 0.5) is 10.2 Å². The van der Waals surface area contributed by atoms with Gasteiger partial charge < -0.3 is 9.80 Å². The third-order valence-electron chi connectivity index (χ3n) is 7.72. The minimum absolute atomic E-state index is 0.0206. The molecular weight excluding hydrogens is 576 g/mol. The lowest BCUT2D eigenvalue weighted by Crippen LogP contribution is -2.54. The van der Waals surface area contributed by atoms with Crippen molar-refractivity contribution in [1.29, 1.82) is 0 Å². The normalized spacial score (nSPS) is 15.1. The number of piperazine rings is 1. The van der Waals surface area contributed by atoms with Crippen molar-refractivity contribution in [1.82, 2.24) is 24.4 Å². The highest BCUT2D eigenvalue weighted by atomic mass is 35.5. The van der Waals surface area contributed by atoms with E-state index >= 15 is 4.39 Å². The molecule has 0 saturated carbocycles. The average Bonchev–Trinajstić information content (AvgIpc) is 2.97. The Bertz CT molecular complexity index is 1890. The number of hydrogen-bond acceptors (Lipinski definition) is 6. The zero-order chi connectivity index (χ0) is 31.9. The molecule has 4 radical (unpaired) electrons. The molecule has 44 heavy (non-hydrogen) atoms. The second-order valence-corrected chi connectivity index (χ2v) is 11.5. The zero-order valence-electron chi connectivity index (χ0n) is 25.0. The van der Waals surface area contributed by atoms with Gasteiger partial charge in [0, 0.05) is 37.4 Å². The number of hydrogen-bond donors (Lipinski definition) is 0. The second kappa shape index (κ2) is 12.4. The number of rotatable bonds is 6. The lowest BCUT2D eigenvalue weighted by Gasteiger charge is -2.40. The number of nitrogens with zero attached hydrogens (tertiary/aromatic N) is 6. The smallest absolute Gasteiger partial charge is 0.350 e. The quantitative estimate of drug-likeness (QED) is 0.229. The number of benzene rings is 1. The van der Waals surface area contributed by atoms with Crippen molar-refractivity contribution in [2.45, 2.75) is 39.7 Å². The topological polar surface area (TPSA) is 84.2 Å². The van der Waals surface area contributed by atoms with Crippen LogP contribution >= 0.6 is 11.6 Å². The van der Waals surface area contributed by atoms with Crippen LogP contribution in [0.1, 0.15) is 43.5 Å². The van der Waals surface area contributed by atoms with Gasteiger partial charge in [0.05, 0.1) is 43.2 Å². The molecule has 0 bridgehead atoms. The Labute approximate surface area is 263 Å². The van der Waals surface area contributed by atoms with Crippen LogP contribution in [0.15, 0.2) is 59.3 Å². The van der Waals surface area contributed by atoms with E-state index in [2.05, 4.69) is 16.5 Å². The van der Waals surface area contributed by atoms with Gasteiger partial charge >= 0.3 is 5.69 Å². The van der Waals surface area contributed by atoms with Crippen molar-refractivity contribution >= 4 is 56.1 Å². The van der Waals surface area contributed by atoms with Gasteiger partial charge in [-0.15, -0.1) is 0 Å². The zero-order valence-corrected chi connectivity index (χ0v) is 25.8. The van der Waals surface area contributed by atoms with E-state index in [4.69, 9.17) is 32.3 Å². The number of fused-ring (bicyclic) bond motifs is 1. The van der Waals surface area contributed by atoms with E-state index in [-0.39, 0.29) is 45.2 Å². The molecule has 1 aromatic carbocycles. The fourth-order valence-corrected chi connectivity index (χ4v) is 5.92. The number of pyridine rings is 2. The van der Waals surface area contributed by atoms with Crippen molar-refractivity contribution in [3.8, 4) is 16.9 Å². The fraction of sp³-hybridized carbons (Fsp3) is 0.281. The molecule has 0 N–H and O–H groups in total. The number of aromatic nitrogens is 4. The molecule has 8 nitrogen and oxygen atoms in total. The minimum Gasteiger partial charge on any atom is -0.350 e. The first-order valence-corrected chi connectivity index (χ1v) is 14.6. The van der Waals surface area contributed by atoms with Gasteiger partial charge in [-0.2, -0.15) is 10.4 Å². The number of carbonyl (C=O) groups excluding carboxylic acids is 1. The maximum Gasteiger partial charge on any atom is 0.355 e. The number of amides is 1. The summed E-state index contributed by atoms with van der Waals surface area (Å²) in [5.41, 5.74) is 2.23. The predicted molar refractivity (Wildman–Crippen MR) is 175 cm³/mol. The van der Waals surface area contributed by atoms with Crippen molar-refractivity contribution < 1.29 is 9.18 Å². The summed E-state index contributed by atoms with van der Waals surface area (Å²) in [7, 11) is 11.5. The molecule has 220 valence electrons. The molecule has 12 heteroatoms. The largest absolute Gasteiger partial charge is 0.355 e. The van der Waals surface area contributed by atoms with Crippen molar-refractivity contribution in [2.75, 3.05) is 24.5 Å². The Morgan fingerprint density at radius 2 is 1.95 bits per heavy atom.